The third-order valence-electron chi connectivity index (χ3n) is 3.76. The van der Waals surface area contributed by atoms with E-state index in [-0.39, 0.29) is 5.75 Å². The van der Waals surface area contributed by atoms with Crippen LogP contribution in [-0.4, -0.2) is 25.2 Å². The molecular formula is C15H25N3O2S. The molecule has 0 atom stereocenters. The fourth-order valence-corrected chi connectivity index (χ4v) is 3.81. The summed E-state index contributed by atoms with van der Waals surface area (Å²) < 4.78 is 26.2. The molecule has 0 spiro atoms. The number of sulfonamides is 1. The van der Waals surface area contributed by atoms with Crippen LogP contribution in [0.1, 0.15) is 51.9 Å². The molecular weight excluding hydrogens is 286 g/mol. The minimum atomic E-state index is -3.25. The van der Waals surface area contributed by atoms with Crippen molar-refractivity contribution in [3.63, 3.8) is 0 Å². The van der Waals surface area contributed by atoms with Gasteiger partial charge >= 0.3 is 0 Å². The zero-order valence-corrected chi connectivity index (χ0v) is 13.5. The summed E-state index contributed by atoms with van der Waals surface area (Å²) in [5, 5.41) is 3.42. The van der Waals surface area contributed by atoms with Crippen molar-refractivity contribution >= 4 is 21.5 Å². The fourth-order valence-electron chi connectivity index (χ4n) is 2.56. The van der Waals surface area contributed by atoms with Crippen LogP contribution in [0.15, 0.2) is 18.3 Å². The van der Waals surface area contributed by atoms with E-state index in [1.807, 2.05) is 13.0 Å². The van der Waals surface area contributed by atoms with E-state index in [1.54, 1.807) is 12.3 Å². The van der Waals surface area contributed by atoms with Gasteiger partial charge in [0.15, 0.2) is 0 Å². The van der Waals surface area contributed by atoms with Gasteiger partial charge in [-0.1, -0.05) is 32.6 Å². The molecule has 1 fully saturated rings. The van der Waals surface area contributed by atoms with Gasteiger partial charge < -0.3 is 5.32 Å². The van der Waals surface area contributed by atoms with Crippen molar-refractivity contribution in [3.8, 4) is 0 Å². The summed E-state index contributed by atoms with van der Waals surface area (Å²) in [5.74, 6) is 0.976. The van der Waals surface area contributed by atoms with Gasteiger partial charge in [0.05, 0.1) is 17.6 Å². The molecule has 2 N–H and O–H groups in total. The van der Waals surface area contributed by atoms with E-state index in [4.69, 9.17) is 0 Å². The molecule has 1 aromatic heterocycles. The maximum absolute atomic E-state index is 11.8. The molecule has 1 heterocycles. The third kappa shape index (κ3) is 5.53. The normalized spacial score (nSPS) is 16.6. The van der Waals surface area contributed by atoms with Gasteiger partial charge in [-0.25, -0.2) is 13.4 Å². The van der Waals surface area contributed by atoms with Gasteiger partial charge in [-0.2, -0.15) is 0 Å². The summed E-state index contributed by atoms with van der Waals surface area (Å²) in [6, 6.07) is 4.10. The van der Waals surface area contributed by atoms with Crippen molar-refractivity contribution in [2.75, 3.05) is 15.8 Å². The highest BCUT2D eigenvalue weighted by atomic mass is 32.2. The molecule has 1 aromatic rings. The molecule has 0 aliphatic heterocycles. The van der Waals surface area contributed by atoms with Crippen LogP contribution in [0.25, 0.3) is 0 Å². The Kier molecular flexibility index (Phi) is 5.85. The van der Waals surface area contributed by atoms with E-state index in [1.165, 1.54) is 32.1 Å². The van der Waals surface area contributed by atoms with E-state index in [0.717, 1.165) is 12.2 Å². The summed E-state index contributed by atoms with van der Waals surface area (Å²) in [5.41, 5.74) is 0.528. The molecule has 1 saturated carbocycles. The number of hydrogen-bond acceptors (Lipinski definition) is 4. The Balaban J connectivity index is 1.89. The van der Waals surface area contributed by atoms with Gasteiger partial charge in [0, 0.05) is 6.04 Å². The lowest BCUT2D eigenvalue weighted by Gasteiger charge is -2.23. The molecule has 21 heavy (non-hydrogen) atoms. The predicted octanol–water partition coefficient (Wildman–Crippen LogP) is 3.37. The van der Waals surface area contributed by atoms with Crippen LogP contribution in [0, 0.1) is 0 Å². The number of pyridine rings is 1. The first-order valence-corrected chi connectivity index (χ1v) is 9.47. The van der Waals surface area contributed by atoms with Crippen molar-refractivity contribution in [1.82, 2.24) is 4.98 Å². The van der Waals surface area contributed by atoms with Crippen LogP contribution in [0.4, 0.5) is 11.5 Å². The molecule has 0 aromatic carbocycles. The van der Waals surface area contributed by atoms with Crippen molar-refractivity contribution in [2.24, 2.45) is 0 Å². The number of rotatable bonds is 7. The first kappa shape index (κ1) is 16.1. The lowest BCUT2D eigenvalue weighted by atomic mass is 9.95. The first-order chi connectivity index (χ1) is 10.1. The minimum absolute atomic E-state index is 0.158. The smallest absolute Gasteiger partial charge is 0.232 e. The average Bonchev–Trinajstić information content (AvgIpc) is 2.48. The second-order valence-electron chi connectivity index (χ2n) is 5.69. The van der Waals surface area contributed by atoms with Gasteiger partial charge in [0.1, 0.15) is 5.82 Å². The molecule has 1 aliphatic carbocycles. The van der Waals surface area contributed by atoms with Crippen LogP contribution in [0.3, 0.4) is 0 Å². The largest absolute Gasteiger partial charge is 0.367 e. The van der Waals surface area contributed by atoms with Gasteiger partial charge in [-0.3, -0.25) is 4.72 Å². The third-order valence-corrected chi connectivity index (χ3v) is 5.13. The van der Waals surface area contributed by atoms with Crippen molar-refractivity contribution < 1.29 is 8.42 Å². The lowest BCUT2D eigenvalue weighted by molar-refractivity contribution is 0.462. The van der Waals surface area contributed by atoms with E-state index >= 15 is 0 Å². The number of aromatic nitrogens is 1. The minimum Gasteiger partial charge on any atom is -0.367 e. The molecule has 0 radical (unpaired) electrons. The summed E-state index contributed by atoms with van der Waals surface area (Å²) in [4.78, 5) is 4.30. The number of unbranched alkanes of at least 4 members (excludes halogenated alkanes) is 1. The van der Waals surface area contributed by atoms with Gasteiger partial charge in [0.25, 0.3) is 0 Å². The van der Waals surface area contributed by atoms with Crippen molar-refractivity contribution in [1.29, 1.82) is 0 Å². The fraction of sp³-hybridized carbons (Fsp3) is 0.667. The molecule has 5 nitrogen and oxygen atoms in total. The molecule has 0 bridgehead atoms. The second-order valence-corrected chi connectivity index (χ2v) is 7.53. The summed E-state index contributed by atoms with van der Waals surface area (Å²) in [6.07, 6.45) is 9.35. The number of anilines is 2. The molecule has 0 amide bonds. The highest BCUT2D eigenvalue weighted by molar-refractivity contribution is 7.92. The first-order valence-electron chi connectivity index (χ1n) is 7.82. The van der Waals surface area contributed by atoms with Gasteiger partial charge in [0.2, 0.25) is 10.0 Å². The van der Waals surface area contributed by atoms with E-state index in [2.05, 4.69) is 15.0 Å². The number of hydrogen-bond donors (Lipinski definition) is 2. The van der Waals surface area contributed by atoms with Crippen molar-refractivity contribution in [3.05, 3.63) is 18.3 Å². The topological polar surface area (TPSA) is 71.1 Å². The Morgan fingerprint density at radius 3 is 2.62 bits per heavy atom. The Hall–Kier alpha value is -1.30. The van der Waals surface area contributed by atoms with Gasteiger partial charge in [-0.05, 0) is 31.4 Å². The Morgan fingerprint density at radius 1 is 1.24 bits per heavy atom. The molecule has 118 valence electrons. The van der Waals surface area contributed by atoms with Gasteiger partial charge in [-0.15, -0.1) is 0 Å². The monoisotopic (exact) mass is 311 g/mol. The van der Waals surface area contributed by atoms with Crippen LogP contribution < -0.4 is 10.0 Å². The number of nitrogens with one attached hydrogen (secondary N) is 2. The average molecular weight is 311 g/mol. The van der Waals surface area contributed by atoms with E-state index in [9.17, 15) is 8.42 Å². The summed E-state index contributed by atoms with van der Waals surface area (Å²) in [6.45, 7) is 1.98. The Morgan fingerprint density at radius 2 is 2.00 bits per heavy atom. The highest BCUT2D eigenvalue weighted by Gasteiger charge is 2.14. The maximum Gasteiger partial charge on any atom is 0.232 e. The zero-order valence-electron chi connectivity index (χ0n) is 12.6. The van der Waals surface area contributed by atoms with E-state index in [0.29, 0.717) is 18.2 Å². The quantitative estimate of drug-likeness (QED) is 0.810. The van der Waals surface area contributed by atoms with Crippen LogP contribution in [0.5, 0.6) is 0 Å². The van der Waals surface area contributed by atoms with E-state index < -0.39 is 10.0 Å². The van der Waals surface area contributed by atoms with Crippen LogP contribution in [-0.2, 0) is 10.0 Å². The summed E-state index contributed by atoms with van der Waals surface area (Å²) >= 11 is 0. The number of nitrogens with zero attached hydrogens (tertiary/aromatic N) is 1. The highest BCUT2D eigenvalue weighted by Crippen LogP contribution is 2.21. The predicted molar refractivity (Wildman–Crippen MR) is 87.1 cm³/mol. The van der Waals surface area contributed by atoms with Crippen molar-refractivity contribution in [2.45, 2.75) is 57.9 Å². The Labute approximate surface area is 127 Å². The van der Waals surface area contributed by atoms with Crippen LogP contribution in [0.2, 0.25) is 0 Å². The maximum atomic E-state index is 11.8. The molecule has 6 heteroatoms. The van der Waals surface area contributed by atoms with Crippen LogP contribution >= 0.6 is 0 Å². The lowest BCUT2D eigenvalue weighted by Crippen LogP contribution is -2.22. The standard InChI is InChI=1S/C15H25N3O2S/c1-2-3-11-21(19,20)18-14-9-10-15(16-12-14)17-13-7-5-4-6-8-13/h9-10,12-13,18H,2-8,11H2,1H3,(H,16,17). The SMILES string of the molecule is CCCCS(=O)(=O)Nc1ccc(NC2CCCCC2)nc1. The second kappa shape index (κ2) is 7.64. The summed E-state index contributed by atoms with van der Waals surface area (Å²) in [7, 11) is -3.25. The molecule has 1 aliphatic rings. The zero-order chi connectivity index (χ0) is 15.1. The molecule has 0 unspecified atom stereocenters. The molecule has 2 rings (SSSR count). The molecule has 0 saturated heterocycles. The Bertz CT molecular complexity index is 522.